The average Bonchev–Trinajstić information content (AvgIpc) is 2.74. The maximum atomic E-state index is 4.39. The number of nitrogens with one attached hydrogen (secondary N) is 1. The van der Waals surface area contributed by atoms with E-state index in [1.54, 1.807) is 0 Å². The largest absolute Gasteiger partial charge is 0.310 e. The van der Waals surface area contributed by atoms with Gasteiger partial charge in [-0.15, -0.1) is 6.58 Å². The Balaban J connectivity index is 2.16. The van der Waals surface area contributed by atoms with Gasteiger partial charge in [-0.2, -0.15) is 5.10 Å². The molecule has 1 N–H and O–H groups in total. The zero-order valence-corrected chi connectivity index (χ0v) is 10.2. The third-order valence-corrected chi connectivity index (χ3v) is 2.41. The van der Waals surface area contributed by atoms with Gasteiger partial charge in [0.2, 0.25) is 0 Å². The van der Waals surface area contributed by atoms with E-state index < -0.39 is 0 Å². The van der Waals surface area contributed by atoms with Crippen LogP contribution in [0.2, 0.25) is 0 Å². The quantitative estimate of drug-likeness (QED) is 0.514. The lowest BCUT2D eigenvalue weighted by atomic mass is 10.2. The molecule has 0 bridgehead atoms. The van der Waals surface area contributed by atoms with Gasteiger partial charge in [0, 0.05) is 6.54 Å². The third kappa shape index (κ3) is 5.07. The third-order valence-electron chi connectivity index (χ3n) is 2.41. The Labute approximate surface area is 97.8 Å². The van der Waals surface area contributed by atoms with Gasteiger partial charge in [-0.3, -0.25) is 4.68 Å². The van der Waals surface area contributed by atoms with Crippen LogP contribution in [0.3, 0.4) is 0 Å². The molecule has 1 heterocycles. The van der Waals surface area contributed by atoms with E-state index in [2.05, 4.69) is 28.9 Å². The highest BCUT2D eigenvalue weighted by atomic mass is 15.3. The molecule has 0 atom stereocenters. The lowest BCUT2D eigenvalue weighted by Gasteiger charge is -1.99. The van der Waals surface area contributed by atoms with Crippen LogP contribution in [-0.4, -0.2) is 21.3 Å². The second kappa shape index (κ2) is 8.05. The van der Waals surface area contributed by atoms with Crippen LogP contribution >= 0.6 is 0 Å². The first-order valence-electron chi connectivity index (χ1n) is 6.06. The number of hydrogen-bond acceptors (Lipinski definition) is 3. The number of unbranched alkanes of at least 4 members (excludes halogenated alkanes) is 3. The highest BCUT2D eigenvalue weighted by Crippen LogP contribution is 2.02. The van der Waals surface area contributed by atoms with Crippen molar-refractivity contribution in [3.8, 4) is 0 Å². The monoisotopic (exact) mass is 222 g/mol. The van der Waals surface area contributed by atoms with E-state index in [9.17, 15) is 0 Å². The molecule has 4 nitrogen and oxygen atoms in total. The van der Waals surface area contributed by atoms with E-state index in [-0.39, 0.29) is 0 Å². The normalized spacial score (nSPS) is 10.6. The number of aromatic nitrogens is 3. The van der Waals surface area contributed by atoms with Crippen LogP contribution in [0.25, 0.3) is 0 Å². The van der Waals surface area contributed by atoms with Gasteiger partial charge in [0.25, 0.3) is 0 Å². The van der Waals surface area contributed by atoms with Gasteiger partial charge in [-0.05, 0) is 25.8 Å². The summed E-state index contributed by atoms with van der Waals surface area (Å²) in [6.45, 7) is 8.48. The van der Waals surface area contributed by atoms with Crippen molar-refractivity contribution in [2.75, 3.05) is 6.54 Å². The molecule has 0 saturated carbocycles. The summed E-state index contributed by atoms with van der Waals surface area (Å²) in [6, 6.07) is 0. The highest BCUT2D eigenvalue weighted by molar-refractivity contribution is 4.80. The molecule has 0 aromatic carbocycles. The van der Waals surface area contributed by atoms with Crippen molar-refractivity contribution in [1.82, 2.24) is 20.1 Å². The zero-order chi connectivity index (χ0) is 11.6. The maximum Gasteiger partial charge on any atom is 0.164 e. The van der Waals surface area contributed by atoms with Crippen molar-refractivity contribution in [3.05, 3.63) is 24.8 Å². The van der Waals surface area contributed by atoms with Gasteiger partial charge >= 0.3 is 0 Å². The fourth-order valence-electron chi connectivity index (χ4n) is 1.50. The number of nitrogens with zero attached hydrogens (tertiary/aromatic N) is 3. The van der Waals surface area contributed by atoms with Crippen molar-refractivity contribution in [2.45, 2.75) is 45.7 Å². The number of rotatable bonds is 9. The van der Waals surface area contributed by atoms with E-state index in [4.69, 9.17) is 0 Å². The lowest BCUT2D eigenvalue weighted by molar-refractivity contribution is 0.538. The summed E-state index contributed by atoms with van der Waals surface area (Å²) in [5.74, 6) is 0.882. The SMILES string of the molecule is C=CCCCCCn1cnc(CNCC)n1. The van der Waals surface area contributed by atoms with E-state index in [0.717, 1.165) is 38.3 Å². The van der Waals surface area contributed by atoms with E-state index in [1.807, 2.05) is 17.1 Å². The Morgan fingerprint density at radius 3 is 3.06 bits per heavy atom. The van der Waals surface area contributed by atoms with Crippen LogP contribution in [0.5, 0.6) is 0 Å². The number of aryl methyl sites for hydroxylation is 1. The van der Waals surface area contributed by atoms with E-state index in [0.29, 0.717) is 0 Å². The first-order chi connectivity index (χ1) is 7.86. The minimum atomic E-state index is 0.764. The van der Waals surface area contributed by atoms with Gasteiger partial charge in [0.05, 0.1) is 6.54 Å². The molecule has 1 aromatic heterocycles. The Bertz CT molecular complexity index is 293. The first kappa shape index (κ1) is 12.9. The van der Waals surface area contributed by atoms with Crippen molar-refractivity contribution in [3.63, 3.8) is 0 Å². The fraction of sp³-hybridized carbons (Fsp3) is 0.667. The molecule has 0 amide bonds. The molecule has 90 valence electrons. The van der Waals surface area contributed by atoms with E-state index >= 15 is 0 Å². The number of allylic oxidation sites excluding steroid dienone is 1. The van der Waals surface area contributed by atoms with Gasteiger partial charge < -0.3 is 5.32 Å². The van der Waals surface area contributed by atoms with Gasteiger partial charge in [-0.25, -0.2) is 4.98 Å². The van der Waals surface area contributed by atoms with Crippen molar-refractivity contribution >= 4 is 0 Å². The summed E-state index contributed by atoms with van der Waals surface area (Å²) in [6.07, 6.45) is 8.53. The molecular weight excluding hydrogens is 200 g/mol. The van der Waals surface area contributed by atoms with Crippen LogP contribution in [0.4, 0.5) is 0 Å². The molecule has 1 aromatic rings. The predicted octanol–water partition coefficient (Wildman–Crippen LogP) is 2.13. The molecule has 0 aliphatic heterocycles. The van der Waals surface area contributed by atoms with E-state index in [1.165, 1.54) is 12.8 Å². The molecule has 1 rings (SSSR count). The van der Waals surface area contributed by atoms with Crippen molar-refractivity contribution < 1.29 is 0 Å². The van der Waals surface area contributed by atoms with Crippen molar-refractivity contribution in [2.24, 2.45) is 0 Å². The molecule has 0 spiro atoms. The second-order valence-electron chi connectivity index (χ2n) is 3.84. The molecule has 0 radical (unpaired) electrons. The highest BCUT2D eigenvalue weighted by Gasteiger charge is 1.99. The summed E-state index contributed by atoms with van der Waals surface area (Å²) >= 11 is 0. The maximum absolute atomic E-state index is 4.39. The standard InChI is InChI=1S/C12H22N4/c1-3-5-6-7-8-9-16-11-14-12(15-16)10-13-4-2/h3,11,13H,1,4-10H2,2H3. The van der Waals surface area contributed by atoms with Crippen LogP contribution in [0.1, 0.15) is 38.4 Å². The summed E-state index contributed by atoms with van der Waals surface area (Å²) in [5, 5.41) is 7.60. The second-order valence-corrected chi connectivity index (χ2v) is 3.84. The average molecular weight is 222 g/mol. The first-order valence-corrected chi connectivity index (χ1v) is 6.06. The van der Waals surface area contributed by atoms with Crippen LogP contribution in [-0.2, 0) is 13.1 Å². The molecule has 16 heavy (non-hydrogen) atoms. The summed E-state index contributed by atoms with van der Waals surface area (Å²) in [5.41, 5.74) is 0. The Hall–Kier alpha value is -1.16. The Kier molecular flexibility index (Phi) is 6.49. The van der Waals surface area contributed by atoms with Gasteiger partial charge in [0.1, 0.15) is 6.33 Å². The summed E-state index contributed by atoms with van der Waals surface area (Å²) < 4.78 is 1.93. The topological polar surface area (TPSA) is 42.7 Å². The Morgan fingerprint density at radius 1 is 1.44 bits per heavy atom. The molecule has 0 aliphatic carbocycles. The van der Waals surface area contributed by atoms with Crippen LogP contribution in [0.15, 0.2) is 19.0 Å². The molecule has 0 fully saturated rings. The van der Waals surface area contributed by atoms with Crippen LogP contribution in [0, 0.1) is 0 Å². The minimum absolute atomic E-state index is 0.764. The molecule has 0 aliphatic rings. The fourth-order valence-corrected chi connectivity index (χ4v) is 1.50. The number of hydrogen-bond donors (Lipinski definition) is 1. The van der Waals surface area contributed by atoms with Gasteiger partial charge in [0.15, 0.2) is 5.82 Å². The zero-order valence-electron chi connectivity index (χ0n) is 10.2. The summed E-state index contributed by atoms with van der Waals surface area (Å²) in [7, 11) is 0. The smallest absolute Gasteiger partial charge is 0.164 e. The lowest BCUT2D eigenvalue weighted by Crippen LogP contribution is -2.13. The summed E-state index contributed by atoms with van der Waals surface area (Å²) in [4.78, 5) is 4.24. The molecule has 0 unspecified atom stereocenters. The molecule has 4 heteroatoms. The molecule has 0 saturated heterocycles. The Morgan fingerprint density at radius 2 is 2.31 bits per heavy atom. The minimum Gasteiger partial charge on any atom is -0.310 e. The van der Waals surface area contributed by atoms with Crippen molar-refractivity contribution in [1.29, 1.82) is 0 Å². The van der Waals surface area contributed by atoms with Crippen LogP contribution < -0.4 is 5.32 Å². The molecular formula is C12H22N4. The van der Waals surface area contributed by atoms with Gasteiger partial charge in [-0.1, -0.05) is 19.4 Å². The predicted molar refractivity (Wildman–Crippen MR) is 66.1 cm³/mol.